The zero-order chi connectivity index (χ0) is 10.4. The van der Waals surface area contributed by atoms with Crippen LogP contribution in [0.15, 0.2) is 29.2 Å². The number of hydrogen-bond donors (Lipinski definition) is 1. The second kappa shape index (κ2) is 5.89. The van der Waals surface area contributed by atoms with E-state index in [-0.39, 0.29) is 6.04 Å². The Kier molecular flexibility index (Phi) is 4.77. The van der Waals surface area contributed by atoms with E-state index in [4.69, 9.17) is 16.0 Å². The Labute approximate surface area is 89.9 Å². The van der Waals surface area contributed by atoms with Crippen LogP contribution in [0.3, 0.4) is 0 Å². The van der Waals surface area contributed by atoms with Crippen LogP contribution in [-0.4, -0.2) is 6.54 Å². The third-order valence-corrected chi connectivity index (χ3v) is 2.18. The van der Waals surface area contributed by atoms with Crippen molar-refractivity contribution in [2.24, 2.45) is 0 Å². The van der Waals surface area contributed by atoms with Gasteiger partial charge in [-0.25, -0.2) is 0 Å². The normalized spacial score (nSPS) is 12.7. The van der Waals surface area contributed by atoms with Crippen molar-refractivity contribution < 1.29 is 4.42 Å². The van der Waals surface area contributed by atoms with Gasteiger partial charge >= 0.3 is 0 Å². The summed E-state index contributed by atoms with van der Waals surface area (Å²) in [5.41, 5.74) is 0. The summed E-state index contributed by atoms with van der Waals surface area (Å²) >= 11 is 5.72. The van der Waals surface area contributed by atoms with Crippen molar-refractivity contribution in [2.45, 2.75) is 25.8 Å². The van der Waals surface area contributed by atoms with Crippen LogP contribution in [0.5, 0.6) is 0 Å². The summed E-state index contributed by atoms with van der Waals surface area (Å²) in [6, 6.07) is 3.86. The van der Waals surface area contributed by atoms with E-state index in [1.807, 2.05) is 12.1 Å². The van der Waals surface area contributed by atoms with Gasteiger partial charge in [0.25, 0.3) is 0 Å². The summed E-state index contributed by atoms with van der Waals surface area (Å²) in [6.45, 7) is 6.83. The summed E-state index contributed by atoms with van der Waals surface area (Å²) < 4.78 is 5.35. The minimum atomic E-state index is 0.194. The van der Waals surface area contributed by atoms with Crippen LogP contribution < -0.4 is 5.32 Å². The van der Waals surface area contributed by atoms with Crippen molar-refractivity contribution in [2.75, 3.05) is 6.54 Å². The largest absolute Gasteiger partial charge is 0.448 e. The molecular weight excluding hydrogens is 198 g/mol. The SMILES string of the molecule is C=CCC(NCCC)c1ccc(Cl)o1. The zero-order valence-corrected chi connectivity index (χ0v) is 9.18. The lowest BCUT2D eigenvalue weighted by molar-refractivity contribution is 0.415. The van der Waals surface area contributed by atoms with Gasteiger partial charge in [0.15, 0.2) is 5.22 Å². The topological polar surface area (TPSA) is 25.2 Å². The van der Waals surface area contributed by atoms with Crippen molar-refractivity contribution in [1.29, 1.82) is 0 Å². The Balaban J connectivity index is 2.61. The molecule has 0 radical (unpaired) electrons. The van der Waals surface area contributed by atoms with Gasteiger partial charge in [-0.1, -0.05) is 13.0 Å². The van der Waals surface area contributed by atoms with Gasteiger partial charge in [0, 0.05) is 0 Å². The highest BCUT2D eigenvalue weighted by molar-refractivity contribution is 6.28. The molecule has 0 saturated carbocycles. The molecule has 0 bridgehead atoms. The van der Waals surface area contributed by atoms with Gasteiger partial charge in [0.05, 0.1) is 6.04 Å². The highest BCUT2D eigenvalue weighted by atomic mass is 35.5. The van der Waals surface area contributed by atoms with Crippen LogP contribution in [0.25, 0.3) is 0 Å². The molecule has 1 aromatic heterocycles. The summed E-state index contributed by atoms with van der Waals surface area (Å²) in [4.78, 5) is 0. The van der Waals surface area contributed by atoms with Crippen LogP contribution in [0.2, 0.25) is 5.22 Å². The second-order valence-corrected chi connectivity index (χ2v) is 3.55. The minimum absolute atomic E-state index is 0.194. The first-order valence-corrected chi connectivity index (χ1v) is 5.25. The minimum Gasteiger partial charge on any atom is -0.448 e. The Bertz CT molecular complexity index is 283. The zero-order valence-electron chi connectivity index (χ0n) is 8.42. The molecule has 1 atom stereocenters. The third kappa shape index (κ3) is 3.20. The van der Waals surface area contributed by atoms with E-state index >= 15 is 0 Å². The molecule has 1 rings (SSSR count). The first-order valence-electron chi connectivity index (χ1n) is 4.87. The summed E-state index contributed by atoms with van der Waals surface area (Å²) in [7, 11) is 0. The van der Waals surface area contributed by atoms with E-state index < -0.39 is 0 Å². The van der Waals surface area contributed by atoms with Gasteiger partial charge in [0.1, 0.15) is 5.76 Å². The summed E-state index contributed by atoms with van der Waals surface area (Å²) in [6.07, 6.45) is 3.83. The molecule has 1 N–H and O–H groups in total. The first kappa shape index (κ1) is 11.3. The Hall–Kier alpha value is -0.730. The summed E-state index contributed by atoms with van der Waals surface area (Å²) in [5, 5.41) is 3.81. The van der Waals surface area contributed by atoms with Crippen molar-refractivity contribution >= 4 is 11.6 Å². The molecule has 14 heavy (non-hydrogen) atoms. The van der Waals surface area contributed by atoms with E-state index in [0.29, 0.717) is 5.22 Å². The second-order valence-electron chi connectivity index (χ2n) is 3.17. The van der Waals surface area contributed by atoms with Crippen LogP contribution in [0.1, 0.15) is 31.6 Å². The Morgan fingerprint density at radius 3 is 2.93 bits per heavy atom. The number of halogens is 1. The average molecular weight is 214 g/mol. The molecule has 1 aromatic rings. The molecule has 3 heteroatoms. The van der Waals surface area contributed by atoms with E-state index in [9.17, 15) is 0 Å². The molecule has 0 aliphatic carbocycles. The maximum absolute atomic E-state index is 5.72. The lowest BCUT2D eigenvalue weighted by Gasteiger charge is -2.13. The van der Waals surface area contributed by atoms with E-state index in [2.05, 4.69) is 18.8 Å². The molecule has 0 aromatic carbocycles. The number of rotatable bonds is 6. The number of furan rings is 1. The molecule has 0 spiro atoms. The van der Waals surface area contributed by atoms with E-state index in [1.165, 1.54) is 0 Å². The van der Waals surface area contributed by atoms with Crippen LogP contribution in [-0.2, 0) is 0 Å². The van der Waals surface area contributed by atoms with Gasteiger partial charge in [-0.05, 0) is 43.1 Å². The Morgan fingerprint density at radius 1 is 1.64 bits per heavy atom. The number of hydrogen-bond acceptors (Lipinski definition) is 2. The third-order valence-electron chi connectivity index (χ3n) is 1.98. The van der Waals surface area contributed by atoms with Crippen LogP contribution >= 0.6 is 11.6 Å². The van der Waals surface area contributed by atoms with Crippen LogP contribution in [0.4, 0.5) is 0 Å². The van der Waals surface area contributed by atoms with Crippen molar-refractivity contribution in [1.82, 2.24) is 5.32 Å². The maximum Gasteiger partial charge on any atom is 0.193 e. The monoisotopic (exact) mass is 213 g/mol. The highest BCUT2D eigenvalue weighted by Gasteiger charge is 2.12. The molecule has 78 valence electrons. The van der Waals surface area contributed by atoms with E-state index in [0.717, 1.165) is 25.1 Å². The van der Waals surface area contributed by atoms with Crippen molar-refractivity contribution in [3.63, 3.8) is 0 Å². The molecule has 0 aliphatic heterocycles. The van der Waals surface area contributed by atoms with Gasteiger partial charge in [-0.2, -0.15) is 0 Å². The molecule has 0 fully saturated rings. The standard InChI is InChI=1S/C11H16ClNO/c1-3-5-9(13-8-4-2)10-6-7-11(12)14-10/h3,6-7,9,13H,1,4-5,8H2,2H3. The predicted molar refractivity (Wildman–Crippen MR) is 59.6 cm³/mol. The van der Waals surface area contributed by atoms with Crippen LogP contribution in [0, 0.1) is 0 Å². The molecule has 1 unspecified atom stereocenters. The van der Waals surface area contributed by atoms with E-state index in [1.54, 1.807) is 6.07 Å². The van der Waals surface area contributed by atoms with Gasteiger partial charge in [-0.15, -0.1) is 6.58 Å². The smallest absolute Gasteiger partial charge is 0.193 e. The predicted octanol–water partition coefficient (Wildman–Crippen LogP) is 3.55. The molecule has 0 amide bonds. The fraction of sp³-hybridized carbons (Fsp3) is 0.455. The highest BCUT2D eigenvalue weighted by Crippen LogP contribution is 2.22. The van der Waals surface area contributed by atoms with Crippen molar-refractivity contribution in [3.05, 3.63) is 35.8 Å². The number of nitrogens with one attached hydrogen (secondary N) is 1. The molecule has 0 saturated heterocycles. The Morgan fingerprint density at radius 2 is 2.43 bits per heavy atom. The average Bonchev–Trinajstić information content (AvgIpc) is 2.59. The summed E-state index contributed by atoms with van der Waals surface area (Å²) in [5.74, 6) is 0.878. The fourth-order valence-corrected chi connectivity index (χ4v) is 1.45. The maximum atomic E-state index is 5.72. The molecule has 0 aliphatic rings. The fourth-order valence-electron chi connectivity index (χ4n) is 1.30. The van der Waals surface area contributed by atoms with Gasteiger partial charge in [-0.3, -0.25) is 0 Å². The van der Waals surface area contributed by atoms with Gasteiger partial charge < -0.3 is 9.73 Å². The lowest BCUT2D eigenvalue weighted by Crippen LogP contribution is -2.21. The molecular formula is C11H16ClNO. The molecule has 2 nitrogen and oxygen atoms in total. The van der Waals surface area contributed by atoms with Gasteiger partial charge in [0.2, 0.25) is 0 Å². The first-order chi connectivity index (χ1) is 6.77. The quantitative estimate of drug-likeness (QED) is 0.732. The van der Waals surface area contributed by atoms with Crippen molar-refractivity contribution in [3.8, 4) is 0 Å². The molecule has 1 heterocycles. The lowest BCUT2D eigenvalue weighted by atomic mass is 10.1.